The van der Waals surface area contributed by atoms with Crippen LogP contribution in [0.2, 0.25) is 0 Å². The molecule has 118 valence electrons. The maximum Gasteiger partial charge on any atom is 0.141 e. The number of hydrogen-bond donors (Lipinski definition) is 1. The number of rotatable bonds is 2. The first-order valence-electron chi connectivity index (χ1n) is 7.98. The number of nitrogens with zero attached hydrogens (tertiary/aromatic N) is 2. The van der Waals surface area contributed by atoms with Crippen LogP contribution in [0.25, 0.3) is 17.0 Å². The molecule has 1 N–H and O–H groups in total. The van der Waals surface area contributed by atoms with Gasteiger partial charge in [0.1, 0.15) is 11.3 Å². The molecule has 2 aromatic rings. The summed E-state index contributed by atoms with van der Waals surface area (Å²) < 4.78 is 0. The van der Waals surface area contributed by atoms with Crippen molar-refractivity contribution in [3.8, 4) is 5.75 Å². The molecule has 2 heterocycles. The van der Waals surface area contributed by atoms with E-state index in [9.17, 15) is 5.11 Å². The second kappa shape index (κ2) is 5.85. The largest absolute Gasteiger partial charge is 0.506 e. The molecule has 0 bridgehead atoms. The van der Waals surface area contributed by atoms with Crippen LogP contribution in [0.5, 0.6) is 5.75 Å². The lowest BCUT2D eigenvalue weighted by atomic mass is 9.92. The first-order chi connectivity index (χ1) is 11.7. The SMILES string of the molecule is CN1C=CC(/C=C/c2ccnc3c(O)cccc23)=C2C=CC=CC21. The number of fused-ring (bicyclic) bond motifs is 2. The van der Waals surface area contributed by atoms with Crippen molar-refractivity contribution in [1.29, 1.82) is 0 Å². The number of aromatic nitrogens is 1. The monoisotopic (exact) mass is 314 g/mol. The highest BCUT2D eigenvalue weighted by Crippen LogP contribution is 2.29. The molecular weight excluding hydrogens is 296 g/mol. The minimum absolute atomic E-state index is 0.212. The van der Waals surface area contributed by atoms with Crippen molar-refractivity contribution in [3.05, 3.63) is 89.8 Å². The molecule has 24 heavy (non-hydrogen) atoms. The van der Waals surface area contributed by atoms with Crippen LogP contribution in [0.4, 0.5) is 0 Å². The molecule has 1 aliphatic carbocycles. The molecule has 0 spiro atoms. The zero-order valence-corrected chi connectivity index (χ0v) is 13.4. The fourth-order valence-electron chi connectivity index (χ4n) is 3.20. The molecule has 1 aromatic heterocycles. The van der Waals surface area contributed by atoms with Crippen LogP contribution in [0.15, 0.2) is 84.3 Å². The smallest absolute Gasteiger partial charge is 0.141 e. The predicted octanol–water partition coefficient (Wildman–Crippen LogP) is 4.20. The first kappa shape index (κ1) is 14.5. The summed E-state index contributed by atoms with van der Waals surface area (Å²) in [5.41, 5.74) is 4.17. The van der Waals surface area contributed by atoms with Crippen LogP contribution in [0.1, 0.15) is 5.56 Å². The van der Waals surface area contributed by atoms with E-state index < -0.39 is 0 Å². The van der Waals surface area contributed by atoms with E-state index in [-0.39, 0.29) is 11.8 Å². The van der Waals surface area contributed by atoms with Crippen molar-refractivity contribution in [3.63, 3.8) is 0 Å². The summed E-state index contributed by atoms with van der Waals surface area (Å²) in [5, 5.41) is 10.9. The standard InChI is InChI=1S/C21H18N2O/c1-23-14-12-16(17-5-2-3-7-19(17)23)10-9-15-11-13-22-21-18(15)6-4-8-20(21)24/h2-14,19,24H,1H3/b10-9+. The van der Waals surface area contributed by atoms with Gasteiger partial charge < -0.3 is 10.0 Å². The van der Waals surface area contributed by atoms with Crippen LogP contribution >= 0.6 is 0 Å². The molecule has 0 fully saturated rings. The molecule has 4 rings (SSSR count). The van der Waals surface area contributed by atoms with Gasteiger partial charge in [-0.2, -0.15) is 0 Å². The summed E-state index contributed by atoms with van der Waals surface area (Å²) >= 11 is 0. The fraction of sp³-hybridized carbons (Fsp3) is 0.0952. The molecule has 0 saturated carbocycles. The van der Waals surface area contributed by atoms with Gasteiger partial charge in [-0.1, -0.05) is 48.6 Å². The molecule has 1 aromatic carbocycles. The first-order valence-corrected chi connectivity index (χ1v) is 7.98. The Hall–Kier alpha value is -3.07. The van der Waals surface area contributed by atoms with Crippen molar-refractivity contribution in [2.75, 3.05) is 7.05 Å². The predicted molar refractivity (Wildman–Crippen MR) is 98.4 cm³/mol. The summed E-state index contributed by atoms with van der Waals surface area (Å²) in [6.07, 6.45) is 18.7. The van der Waals surface area contributed by atoms with E-state index in [1.165, 1.54) is 11.1 Å². The lowest BCUT2D eigenvalue weighted by Gasteiger charge is -2.31. The van der Waals surface area contributed by atoms with Gasteiger partial charge in [-0.25, -0.2) is 0 Å². The highest BCUT2D eigenvalue weighted by molar-refractivity contribution is 5.91. The van der Waals surface area contributed by atoms with Crippen molar-refractivity contribution >= 4 is 17.0 Å². The third-order valence-electron chi connectivity index (χ3n) is 4.49. The van der Waals surface area contributed by atoms with E-state index in [0.717, 1.165) is 10.9 Å². The molecule has 3 heteroatoms. The Bertz CT molecular complexity index is 947. The topological polar surface area (TPSA) is 36.4 Å². The Kier molecular flexibility index (Phi) is 3.54. The summed E-state index contributed by atoms with van der Waals surface area (Å²) in [6, 6.07) is 7.75. The lowest BCUT2D eigenvalue weighted by molar-refractivity contribution is 0.420. The van der Waals surface area contributed by atoms with Gasteiger partial charge >= 0.3 is 0 Å². The number of para-hydroxylation sites is 1. The lowest BCUT2D eigenvalue weighted by Crippen LogP contribution is -2.30. The number of aromatic hydroxyl groups is 1. The van der Waals surface area contributed by atoms with Crippen LogP contribution in [0, 0.1) is 0 Å². The highest BCUT2D eigenvalue weighted by Gasteiger charge is 2.19. The maximum atomic E-state index is 9.97. The van der Waals surface area contributed by atoms with E-state index >= 15 is 0 Å². The number of hydrogen-bond acceptors (Lipinski definition) is 3. The third kappa shape index (κ3) is 2.44. The van der Waals surface area contributed by atoms with Crippen LogP contribution in [-0.2, 0) is 0 Å². The molecule has 3 nitrogen and oxygen atoms in total. The van der Waals surface area contributed by atoms with Gasteiger partial charge in [-0.3, -0.25) is 4.98 Å². The third-order valence-corrected chi connectivity index (χ3v) is 4.49. The summed E-state index contributed by atoms with van der Waals surface area (Å²) in [6.45, 7) is 0. The second-order valence-corrected chi connectivity index (χ2v) is 5.99. The Morgan fingerprint density at radius 2 is 2.04 bits per heavy atom. The second-order valence-electron chi connectivity index (χ2n) is 5.99. The molecule has 1 atom stereocenters. The molecule has 1 aliphatic heterocycles. The van der Waals surface area contributed by atoms with E-state index in [0.29, 0.717) is 5.52 Å². The summed E-state index contributed by atoms with van der Waals surface area (Å²) in [7, 11) is 2.09. The Balaban J connectivity index is 1.76. The maximum absolute atomic E-state index is 9.97. The van der Waals surface area contributed by atoms with Crippen LogP contribution in [-0.4, -0.2) is 28.1 Å². The van der Waals surface area contributed by atoms with E-state index in [1.807, 2.05) is 18.2 Å². The Labute approximate surface area is 141 Å². The molecule has 2 aliphatic rings. The average molecular weight is 314 g/mol. The Morgan fingerprint density at radius 3 is 2.96 bits per heavy atom. The quantitative estimate of drug-likeness (QED) is 0.902. The molecule has 0 radical (unpaired) electrons. The highest BCUT2D eigenvalue weighted by atomic mass is 16.3. The number of allylic oxidation sites excluding steroid dienone is 5. The van der Waals surface area contributed by atoms with Crippen molar-refractivity contribution < 1.29 is 5.11 Å². The van der Waals surface area contributed by atoms with Gasteiger partial charge in [0.2, 0.25) is 0 Å². The van der Waals surface area contributed by atoms with Crippen molar-refractivity contribution in [2.45, 2.75) is 6.04 Å². The zero-order valence-electron chi connectivity index (χ0n) is 13.4. The molecule has 0 saturated heterocycles. The molecule has 0 amide bonds. The van der Waals surface area contributed by atoms with Crippen molar-refractivity contribution in [2.24, 2.45) is 0 Å². The van der Waals surface area contributed by atoms with Gasteiger partial charge in [0.25, 0.3) is 0 Å². The fourth-order valence-corrected chi connectivity index (χ4v) is 3.20. The number of pyridine rings is 1. The van der Waals surface area contributed by atoms with E-state index in [2.05, 4.69) is 65.7 Å². The Morgan fingerprint density at radius 1 is 1.12 bits per heavy atom. The minimum Gasteiger partial charge on any atom is -0.506 e. The van der Waals surface area contributed by atoms with E-state index in [4.69, 9.17) is 0 Å². The summed E-state index contributed by atoms with van der Waals surface area (Å²) in [5.74, 6) is 0.212. The summed E-state index contributed by atoms with van der Waals surface area (Å²) in [4.78, 5) is 6.48. The van der Waals surface area contributed by atoms with Crippen LogP contribution in [0.3, 0.4) is 0 Å². The number of benzene rings is 1. The molecule has 1 unspecified atom stereocenters. The zero-order chi connectivity index (χ0) is 16.5. The normalized spacial score (nSPS) is 19.5. The number of phenolic OH excluding ortho intramolecular Hbond substituents is 1. The number of likely N-dealkylation sites (N-methyl/N-ethyl adjacent to an activating group) is 1. The van der Waals surface area contributed by atoms with E-state index in [1.54, 1.807) is 12.3 Å². The van der Waals surface area contributed by atoms with Gasteiger partial charge in [0.15, 0.2) is 0 Å². The van der Waals surface area contributed by atoms with Crippen molar-refractivity contribution in [1.82, 2.24) is 9.88 Å². The van der Waals surface area contributed by atoms with Gasteiger partial charge in [-0.05, 0) is 34.9 Å². The van der Waals surface area contributed by atoms with Crippen LogP contribution < -0.4 is 0 Å². The van der Waals surface area contributed by atoms with Gasteiger partial charge in [0.05, 0.1) is 6.04 Å². The average Bonchev–Trinajstić information content (AvgIpc) is 2.62. The molecular formula is C21H18N2O. The number of phenols is 1. The van der Waals surface area contributed by atoms with Gasteiger partial charge in [0, 0.05) is 24.8 Å². The minimum atomic E-state index is 0.212. The van der Waals surface area contributed by atoms with Gasteiger partial charge in [-0.15, -0.1) is 0 Å².